The topological polar surface area (TPSA) is 88.5 Å². The summed E-state index contributed by atoms with van der Waals surface area (Å²) in [6.07, 6.45) is 1.42. The van der Waals surface area contributed by atoms with Crippen LogP contribution in [-0.4, -0.2) is 41.2 Å². The Kier molecular flexibility index (Phi) is 3.73. The molecule has 2 heterocycles. The van der Waals surface area contributed by atoms with E-state index in [9.17, 15) is 14.7 Å². The lowest BCUT2D eigenvalue weighted by Gasteiger charge is -2.25. The summed E-state index contributed by atoms with van der Waals surface area (Å²) in [6, 6.07) is 2.35. The van der Waals surface area contributed by atoms with Crippen molar-refractivity contribution in [1.82, 2.24) is 10.3 Å². The maximum absolute atomic E-state index is 12.0. The highest BCUT2D eigenvalue weighted by molar-refractivity contribution is 6.29. The number of aliphatic carboxylic acids is 1. The Labute approximate surface area is 114 Å². The van der Waals surface area contributed by atoms with Gasteiger partial charge in [0.05, 0.1) is 19.3 Å². The third-order valence-corrected chi connectivity index (χ3v) is 3.44. The highest BCUT2D eigenvalue weighted by Gasteiger charge is 2.47. The molecule has 0 spiro atoms. The van der Waals surface area contributed by atoms with Gasteiger partial charge in [-0.15, -0.1) is 0 Å². The Morgan fingerprint density at radius 2 is 2.37 bits per heavy atom. The number of pyridine rings is 1. The molecular formula is C12H13ClN2O4. The molecule has 1 amide bonds. The summed E-state index contributed by atoms with van der Waals surface area (Å²) < 4.78 is 5.16. The molecule has 1 saturated heterocycles. The quantitative estimate of drug-likeness (QED) is 0.807. The van der Waals surface area contributed by atoms with E-state index in [4.69, 9.17) is 16.3 Å². The smallest absolute Gasteiger partial charge is 0.313 e. The zero-order valence-corrected chi connectivity index (χ0v) is 11.0. The van der Waals surface area contributed by atoms with Crippen molar-refractivity contribution in [2.75, 3.05) is 13.2 Å². The minimum absolute atomic E-state index is 0.0738. The molecule has 0 aliphatic carbocycles. The monoisotopic (exact) mass is 284 g/mol. The molecular weight excluding hydrogens is 272 g/mol. The Hall–Kier alpha value is -1.66. The summed E-state index contributed by atoms with van der Waals surface area (Å²) in [7, 11) is 0. The molecule has 1 aromatic rings. The van der Waals surface area contributed by atoms with Crippen LogP contribution >= 0.6 is 11.6 Å². The van der Waals surface area contributed by atoms with Crippen LogP contribution in [-0.2, 0) is 9.53 Å². The number of hydrogen-bond donors (Lipinski definition) is 2. The number of carbonyl (C=O) groups is 2. The lowest BCUT2D eigenvalue weighted by Crippen LogP contribution is -2.49. The summed E-state index contributed by atoms with van der Waals surface area (Å²) in [5.41, 5.74) is -0.786. The van der Waals surface area contributed by atoms with Crippen molar-refractivity contribution in [2.45, 2.75) is 13.0 Å². The number of ether oxygens (including phenoxy) is 1. The predicted octanol–water partition coefficient (Wildman–Crippen LogP) is 0.954. The van der Waals surface area contributed by atoms with E-state index in [-0.39, 0.29) is 18.4 Å². The van der Waals surface area contributed by atoms with Gasteiger partial charge in [0.15, 0.2) is 0 Å². The second-order valence-electron chi connectivity index (χ2n) is 4.63. The van der Waals surface area contributed by atoms with Gasteiger partial charge in [0.25, 0.3) is 5.91 Å². The van der Waals surface area contributed by atoms with Crippen LogP contribution in [0.3, 0.4) is 0 Å². The van der Waals surface area contributed by atoms with Gasteiger partial charge in [0.1, 0.15) is 10.6 Å². The van der Waals surface area contributed by atoms with E-state index in [1.54, 1.807) is 6.92 Å². The average Bonchev–Trinajstić information content (AvgIpc) is 2.72. The van der Waals surface area contributed by atoms with E-state index in [1.807, 2.05) is 0 Å². The predicted molar refractivity (Wildman–Crippen MR) is 67.1 cm³/mol. The molecule has 2 atom stereocenters. The Balaban J connectivity index is 2.13. The number of halogens is 1. The van der Waals surface area contributed by atoms with E-state index in [1.165, 1.54) is 18.3 Å². The SMILES string of the molecule is CC1(C(=O)O)COCC1NC(=O)c1ccnc(Cl)c1. The van der Waals surface area contributed by atoms with Gasteiger partial charge in [-0.2, -0.15) is 0 Å². The van der Waals surface area contributed by atoms with Crippen molar-refractivity contribution in [2.24, 2.45) is 5.41 Å². The lowest BCUT2D eigenvalue weighted by atomic mass is 9.85. The largest absolute Gasteiger partial charge is 0.481 e. The number of rotatable bonds is 3. The van der Waals surface area contributed by atoms with E-state index in [0.29, 0.717) is 5.56 Å². The highest BCUT2D eigenvalue weighted by Crippen LogP contribution is 2.28. The Morgan fingerprint density at radius 1 is 1.63 bits per heavy atom. The first kappa shape index (κ1) is 13.8. The van der Waals surface area contributed by atoms with Crippen molar-refractivity contribution < 1.29 is 19.4 Å². The number of carboxylic acid groups (broad SMARTS) is 1. The summed E-state index contributed by atoms with van der Waals surface area (Å²) >= 11 is 5.70. The molecule has 19 heavy (non-hydrogen) atoms. The van der Waals surface area contributed by atoms with Crippen LogP contribution in [0, 0.1) is 5.41 Å². The van der Waals surface area contributed by atoms with Gasteiger partial charge in [-0.1, -0.05) is 11.6 Å². The number of carboxylic acids is 1. The van der Waals surface area contributed by atoms with E-state index >= 15 is 0 Å². The number of carbonyl (C=O) groups excluding carboxylic acids is 1. The fourth-order valence-electron chi connectivity index (χ4n) is 1.87. The zero-order valence-electron chi connectivity index (χ0n) is 10.2. The molecule has 0 bridgehead atoms. The maximum atomic E-state index is 12.0. The number of hydrogen-bond acceptors (Lipinski definition) is 4. The molecule has 1 fully saturated rings. The number of nitrogens with one attached hydrogen (secondary N) is 1. The lowest BCUT2D eigenvalue weighted by molar-refractivity contribution is -0.148. The summed E-state index contributed by atoms with van der Waals surface area (Å²) in [5.74, 6) is -1.39. The van der Waals surface area contributed by atoms with Gasteiger partial charge in [-0.3, -0.25) is 9.59 Å². The standard InChI is InChI=1S/C12H13ClN2O4/c1-12(11(17)18)6-19-5-8(12)15-10(16)7-2-3-14-9(13)4-7/h2-4,8H,5-6H2,1H3,(H,15,16)(H,17,18). The third-order valence-electron chi connectivity index (χ3n) is 3.24. The van der Waals surface area contributed by atoms with Crippen LogP contribution < -0.4 is 5.32 Å². The molecule has 0 radical (unpaired) electrons. The first-order chi connectivity index (χ1) is 8.93. The molecule has 1 aromatic heterocycles. The molecule has 0 aromatic carbocycles. The first-order valence-corrected chi connectivity index (χ1v) is 6.05. The van der Waals surface area contributed by atoms with Gasteiger partial charge in [-0.25, -0.2) is 4.98 Å². The molecule has 6 nitrogen and oxygen atoms in total. The summed E-state index contributed by atoms with van der Waals surface area (Å²) in [5, 5.41) is 12.1. The molecule has 102 valence electrons. The van der Waals surface area contributed by atoms with Gasteiger partial charge in [0, 0.05) is 11.8 Å². The van der Waals surface area contributed by atoms with Crippen molar-refractivity contribution in [3.05, 3.63) is 29.0 Å². The van der Waals surface area contributed by atoms with Crippen LogP contribution in [0.1, 0.15) is 17.3 Å². The third kappa shape index (κ3) is 2.69. The number of nitrogens with zero attached hydrogens (tertiary/aromatic N) is 1. The minimum Gasteiger partial charge on any atom is -0.481 e. The average molecular weight is 285 g/mol. The second kappa shape index (κ2) is 5.14. The van der Waals surface area contributed by atoms with Crippen molar-refractivity contribution in [3.63, 3.8) is 0 Å². The van der Waals surface area contributed by atoms with Gasteiger partial charge >= 0.3 is 5.97 Å². The first-order valence-electron chi connectivity index (χ1n) is 5.67. The Morgan fingerprint density at radius 3 is 3.00 bits per heavy atom. The van der Waals surface area contributed by atoms with Gasteiger partial charge < -0.3 is 15.2 Å². The maximum Gasteiger partial charge on any atom is 0.313 e. The Bertz CT molecular complexity index is 522. The fraction of sp³-hybridized carbons (Fsp3) is 0.417. The van der Waals surface area contributed by atoms with Crippen LogP contribution in [0.15, 0.2) is 18.3 Å². The van der Waals surface area contributed by atoms with E-state index in [0.717, 1.165) is 0 Å². The van der Waals surface area contributed by atoms with Crippen LogP contribution in [0.5, 0.6) is 0 Å². The van der Waals surface area contributed by atoms with Crippen molar-refractivity contribution >= 4 is 23.5 Å². The van der Waals surface area contributed by atoms with E-state index in [2.05, 4.69) is 10.3 Å². The summed E-state index contributed by atoms with van der Waals surface area (Å²) in [4.78, 5) is 27.0. The normalized spacial score (nSPS) is 26.1. The highest BCUT2D eigenvalue weighted by atomic mass is 35.5. The molecule has 7 heteroatoms. The van der Waals surface area contributed by atoms with Crippen LogP contribution in [0.2, 0.25) is 5.15 Å². The molecule has 1 aliphatic heterocycles. The zero-order chi connectivity index (χ0) is 14.0. The molecule has 2 rings (SSSR count). The van der Waals surface area contributed by atoms with E-state index < -0.39 is 23.3 Å². The van der Waals surface area contributed by atoms with Gasteiger partial charge in [0.2, 0.25) is 0 Å². The number of aromatic nitrogens is 1. The molecule has 2 N–H and O–H groups in total. The number of amides is 1. The summed E-state index contributed by atoms with van der Waals surface area (Å²) in [6.45, 7) is 1.80. The van der Waals surface area contributed by atoms with Crippen molar-refractivity contribution in [3.8, 4) is 0 Å². The minimum atomic E-state index is -1.12. The molecule has 2 unspecified atom stereocenters. The molecule has 0 saturated carbocycles. The van der Waals surface area contributed by atoms with Gasteiger partial charge in [-0.05, 0) is 19.1 Å². The molecule has 1 aliphatic rings. The fourth-order valence-corrected chi connectivity index (χ4v) is 2.04. The van der Waals surface area contributed by atoms with Crippen LogP contribution in [0.4, 0.5) is 0 Å². The van der Waals surface area contributed by atoms with Crippen LogP contribution in [0.25, 0.3) is 0 Å². The second-order valence-corrected chi connectivity index (χ2v) is 5.02. The van der Waals surface area contributed by atoms with Crippen molar-refractivity contribution in [1.29, 1.82) is 0 Å².